The number of thiophene rings is 1. The molecular formula is C16H18N2O2S. The molecule has 1 atom stereocenters. The maximum absolute atomic E-state index is 11.1. The standard InChI is InChI=1S/C16H18N2O2S/c1-20-16(19)18-12-7-5-11(6-8-12)17-14-3-2-4-15-13(14)9-10-21-15/h5-10,14,17H,2-4H2,1H3,(H,18,19). The number of ether oxygens (including phenoxy) is 1. The highest BCUT2D eigenvalue weighted by atomic mass is 32.1. The second-order valence-electron chi connectivity index (χ2n) is 5.08. The van der Waals surface area contributed by atoms with Gasteiger partial charge in [-0.25, -0.2) is 4.79 Å². The van der Waals surface area contributed by atoms with Crippen molar-refractivity contribution in [1.82, 2.24) is 0 Å². The van der Waals surface area contributed by atoms with Gasteiger partial charge in [0.15, 0.2) is 0 Å². The molecular weight excluding hydrogens is 284 g/mol. The Labute approximate surface area is 128 Å². The minimum Gasteiger partial charge on any atom is -0.453 e. The quantitative estimate of drug-likeness (QED) is 0.882. The molecule has 2 N–H and O–H groups in total. The van der Waals surface area contributed by atoms with E-state index < -0.39 is 6.09 Å². The van der Waals surface area contributed by atoms with Crippen LogP contribution in [0.4, 0.5) is 16.2 Å². The van der Waals surface area contributed by atoms with Crippen molar-refractivity contribution in [3.63, 3.8) is 0 Å². The van der Waals surface area contributed by atoms with Gasteiger partial charge >= 0.3 is 6.09 Å². The molecule has 4 nitrogen and oxygen atoms in total. The minimum absolute atomic E-state index is 0.388. The highest BCUT2D eigenvalue weighted by Gasteiger charge is 2.20. The van der Waals surface area contributed by atoms with Gasteiger partial charge in [-0.15, -0.1) is 11.3 Å². The summed E-state index contributed by atoms with van der Waals surface area (Å²) >= 11 is 1.85. The Bertz CT molecular complexity index is 621. The summed E-state index contributed by atoms with van der Waals surface area (Å²) in [5, 5.41) is 8.40. The number of carbonyl (C=O) groups excluding carboxylic acids is 1. The average molecular weight is 302 g/mol. The molecule has 1 aromatic heterocycles. The number of amides is 1. The van der Waals surface area contributed by atoms with Gasteiger partial charge in [0.25, 0.3) is 0 Å². The van der Waals surface area contributed by atoms with Crippen LogP contribution in [0, 0.1) is 0 Å². The van der Waals surface area contributed by atoms with Crippen LogP contribution in [0.1, 0.15) is 29.3 Å². The molecule has 110 valence electrons. The summed E-state index contributed by atoms with van der Waals surface area (Å²) in [4.78, 5) is 12.6. The molecule has 0 aliphatic heterocycles. The number of carbonyl (C=O) groups is 1. The Morgan fingerprint density at radius 1 is 1.24 bits per heavy atom. The number of benzene rings is 1. The smallest absolute Gasteiger partial charge is 0.411 e. The maximum Gasteiger partial charge on any atom is 0.411 e. The zero-order valence-electron chi connectivity index (χ0n) is 11.9. The van der Waals surface area contributed by atoms with Crippen LogP contribution in [0.5, 0.6) is 0 Å². The predicted molar refractivity (Wildman–Crippen MR) is 86.1 cm³/mol. The molecule has 1 unspecified atom stereocenters. The molecule has 5 heteroatoms. The van der Waals surface area contributed by atoms with Gasteiger partial charge in [-0.3, -0.25) is 5.32 Å². The molecule has 2 aromatic rings. The Morgan fingerprint density at radius 3 is 2.76 bits per heavy atom. The molecule has 0 spiro atoms. The van der Waals surface area contributed by atoms with Gasteiger partial charge in [0, 0.05) is 16.3 Å². The number of aryl methyl sites for hydroxylation is 1. The van der Waals surface area contributed by atoms with Crippen LogP contribution < -0.4 is 10.6 Å². The third-order valence-corrected chi connectivity index (χ3v) is 4.71. The lowest BCUT2D eigenvalue weighted by molar-refractivity contribution is 0.187. The molecule has 1 aliphatic rings. The summed E-state index contributed by atoms with van der Waals surface area (Å²) in [5.41, 5.74) is 3.23. The number of anilines is 2. The number of nitrogens with one attached hydrogen (secondary N) is 2. The van der Waals surface area contributed by atoms with Gasteiger partial charge in [-0.2, -0.15) is 0 Å². The van der Waals surface area contributed by atoms with Gasteiger partial charge in [-0.05, 0) is 60.5 Å². The summed E-state index contributed by atoms with van der Waals surface area (Å²) in [6.45, 7) is 0. The van der Waals surface area contributed by atoms with Crippen molar-refractivity contribution < 1.29 is 9.53 Å². The highest BCUT2D eigenvalue weighted by Crippen LogP contribution is 2.35. The fourth-order valence-electron chi connectivity index (χ4n) is 2.66. The second kappa shape index (κ2) is 6.18. The van der Waals surface area contributed by atoms with Gasteiger partial charge < -0.3 is 10.1 Å². The Hall–Kier alpha value is -2.01. The van der Waals surface area contributed by atoms with Crippen molar-refractivity contribution in [2.75, 3.05) is 17.7 Å². The number of hydrogen-bond donors (Lipinski definition) is 2. The summed E-state index contributed by atoms with van der Waals surface area (Å²) in [6, 6.07) is 10.3. The van der Waals surface area contributed by atoms with Gasteiger partial charge in [0.2, 0.25) is 0 Å². The number of rotatable bonds is 3. The van der Waals surface area contributed by atoms with E-state index in [0.29, 0.717) is 6.04 Å². The first kappa shape index (κ1) is 13.9. The van der Waals surface area contributed by atoms with Crippen LogP contribution in [-0.2, 0) is 11.2 Å². The summed E-state index contributed by atoms with van der Waals surface area (Å²) in [5.74, 6) is 0. The predicted octanol–water partition coefficient (Wildman–Crippen LogP) is 4.42. The third-order valence-electron chi connectivity index (χ3n) is 3.71. The zero-order chi connectivity index (χ0) is 14.7. The number of methoxy groups -OCH3 is 1. The molecule has 1 aromatic carbocycles. The Kier molecular flexibility index (Phi) is 4.10. The normalized spacial score (nSPS) is 16.9. The highest BCUT2D eigenvalue weighted by molar-refractivity contribution is 7.10. The van der Waals surface area contributed by atoms with Crippen LogP contribution in [-0.4, -0.2) is 13.2 Å². The fourth-order valence-corrected chi connectivity index (χ4v) is 3.64. The van der Waals surface area contributed by atoms with E-state index in [1.54, 1.807) is 0 Å². The van der Waals surface area contributed by atoms with Gasteiger partial charge in [0.1, 0.15) is 0 Å². The topological polar surface area (TPSA) is 50.4 Å². The molecule has 21 heavy (non-hydrogen) atoms. The second-order valence-corrected chi connectivity index (χ2v) is 6.08. The van der Waals surface area contributed by atoms with E-state index in [2.05, 4.69) is 26.8 Å². The number of hydrogen-bond acceptors (Lipinski definition) is 4. The van der Waals surface area contributed by atoms with E-state index in [1.807, 2.05) is 35.6 Å². The van der Waals surface area contributed by atoms with E-state index in [-0.39, 0.29) is 0 Å². The van der Waals surface area contributed by atoms with E-state index in [1.165, 1.54) is 30.4 Å². The molecule has 1 heterocycles. The molecule has 0 fully saturated rings. The molecule has 0 saturated carbocycles. The van der Waals surface area contributed by atoms with Gasteiger partial charge in [-0.1, -0.05) is 0 Å². The summed E-state index contributed by atoms with van der Waals surface area (Å²) in [7, 11) is 1.35. The molecule has 1 aliphatic carbocycles. The average Bonchev–Trinajstić information content (AvgIpc) is 2.99. The minimum atomic E-state index is -0.453. The van der Waals surface area contributed by atoms with E-state index in [9.17, 15) is 4.79 Å². The SMILES string of the molecule is COC(=O)Nc1ccc(NC2CCCc3sccc32)cc1. The van der Waals surface area contributed by atoms with Crippen molar-refractivity contribution >= 4 is 28.8 Å². The lowest BCUT2D eigenvalue weighted by Gasteiger charge is -2.24. The van der Waals surface area contributed by atoms with Crippen LogP contribution in [0.15, 0.2) is 35.7 Å². The van der Waals surface area contributed by atoms with Crippen LogP contribution in [0.2, 0.25) is 0 Å². The zero-order valence-corrected chi connectivity index (χ0v) is 12.7. The van der Waals surface area contributed by atoms with E-state index >= 15 is 0 Å². The van der Waals surface area contributed by atoms with Crippen molar-refractivity contribution in [2.24, 2.45) is 0 Å². The lowest BCUT2D eigenvalue weighted by Crippen LogP contribution is -2.15. The Morgan fingerprint density at radius 2 is 2.00 bits per heavy atom. The van der Waals surface area contributed by atoms with E-state index in [0.717, 1.165) is 17.8 Å². The summed E-state index contributed by atoms with van der Waals surface area (Å²) < 4.78 is 4.57. The van der Waals surface area contributed by atoms with Crippen molar-refractivity contribution in [3.8, 4) is 0 Å². The largest absolute Gasteiger partial charge is 0.453 e. The van der Waals surface area contributed by atoms with Gasteiger partial charge in [0.05, 0.1) is 13.2 Å². The maximum atomic E-state index is 11.1. The van der Waals surface area contributed by atoms with Crippen LogP contribution in [0.3, 0.4) is 0 Å². The monoisotopic (exact) mass is 302 g/mol. The molecule has 0 radical (unpaired) electrons. The van der Waals surface area contributed by atoms with Crippen molar-refractivity contribution in [3.05, 3.63) is 46.2 Å². The van der Waals surface area contributed by atoms with Crippen LogP contribution >= 0.6 is 11.3 Å². The third kappa shape index (κ3) is 3.19. The first-order valence-corrected chi connectivity index (χ1v) is 7.92. The van der Waals surface area contributed by atoms with Crippen molar-refractivity contribution in [2.45, 2.75) is 25.3 Å². The molecule has 0 saturated heterocycles. The number of fused-ring (bicyclic) bond motifs is 1. The first-order valence-electron chi connectivity index (χ1n) is 7.04. The molecule has 0 bridgehead atoms. The van der Waals surface area contributed by atoms with Crippen molar-refractivity contribution in [1.29, 1.82) is 0 Å². The van der Waals surface area contributed by atoms with Crippen LogP contribution in [0.25, 0.3) is 0 Å². The first-order chi connectivity index (χ1) is 10.3. The summed E-state index contributed by atoms with van der Waals surface area (Å²) in [6.07, 6.45) is 3.14. The molecule has 3 rings (SSSR count). The lowest BCUT2D eigenvalue weighted by atomic mass is 9.94. The molecule has 1 amide bonds. The Balaban J connectivity index is 1.68. The van der Waals surface area contributed by atoms with E-state index in [4.69, 9.17) is 0 Å². The fraction of sp³-hybridized carbons (Fsp3) is 0.312.